The lowest BCUT2D eigenvalue weighted by molar-refractivity contribution is -0.116. The van der Waals surface area contributed by atoms with Crippen LogP contribution in [-0.2, 0) is 9.59 Å². The summed E-state index contributed by atoms with van der Waals surface area (Å²) in [5.41, 5.74) is 2.13. The fourth-order valence-electron chi connectivity index (χ4n) is 2.13. The molecule has 0 bridgehead atoms. The van der Waals surface area contributed by atoms with Gasteiger partial charge in [-0.1, -0.05) is 25.6 Å². The minimum absolute atomic E-state index is 0.0552. The van der Waals surface area contributed by atoms with Crippen LogP contribution in [-0.4, -0.2) is 25.0 Å². The predicted molar refractivity (Wildman–Crippen MR) is 105 cm³/mol. The number of rotatable bonds is 9. The molecule has 0 spiro atoms. The average molecular weight is 353 g/mol. The second kappa shape index (κ2) is 9.88. The Balaban J connectivity index is 1.83. The molecule has 2 aromatic carbocycles. The summed E-state index contributed by atoms with van der Waals surface area (Å²) in [7, 11) is 0. The van der Waals surface area contributed by atoms with Crippen molar-refractivity contribution in [3.63, 3.8) is 0 Å². The van der Waals surface area contributed by atoms with Crippen LogP contribution in [0.25, 0.3) is 0 Å². The van der Waals surface area contributed by atoms with Crippen LogP contribution in [0.3, 0.4) is 0 Å². The van der Waals surface area contributed by atoms with E-state index in [1.165, 1.54) is 0 Å². The molecular formula is C20H23N3O3. The van der Waals surface area contributed by atoms with Crippen molar-refractivity contribution in [3.8, 4) is 5.75 Å². The van der Waals surface area contributed by atoms with Gasteiger partial charge in [0.05, 0.1) is 6.54 Å². The molecular weight excluding hydrogens is 330 g/mol. The third kappa shape index (κ3) is 6.32. The molecule has 0 aliphatic carbocycles. The first-order chi connectivity index (χ1) is 12.6. The lowest BCUT2D eigenvalue weighted by atomic mass is 10.2. The SMILES string of the molecule is C=CCOc1ccc(NC(=O)CNc2cccc(NC(=O)CC)c2)cc1. The van der Waals surface area contributed by atoms with Crippen molar-refractivity contribution >= 4 is 28.9 Å². The molecule has 0 aliphatic rings. The molecule has 3 N–H and O–H groups in total. The van der Waals surface area contributed by atoms with Crippen LogP contribution in [0.2, 0.25) is 0 Å². The summed E-state index contributed by atoms with van der Waals surface area (Å²) in [4.78, 5) is 23.5. The highest BCUT2D eigenvalue weighted by Crippen LogP contribution is 2.17. The Bertz CT molecular complexity index is 757. The van der Waals surface area contributed by atoms with E-state index in [4.69, 9.17) is 4.74 Å². The van der Waals surface area contributed by atoms with Crippen molar-refractivity contribution in [1.82, 2.24) is 0 Å². The molecule has 136 valence electrons. The number of carbonyl (C=O) groups excluding carboxylic acids is 2. The second-order valence-corrected chi connectivity index (χ2v) is 5.51. The molecule has 0 heterocycles. The third-order valence-electron chi connectivity index (χ3n) is 3.43. The van der Waals surface area contributed by atoms with Crippen LogP contribution in [0.5, 0.6) is 5.75 Å². The summed E-state index contributed by atoms with van der Waals surface area (Å²) in [6, 6.07) is 14.3. The maximum absolute atomic E-state index is 12.1. The maximum atomic E-state index is 12.1. The molecule has 0 aliphatic heterocycles. The highest BCUT2D eigenvalue weighted by molar-refractivity contribution is 5.94. The van der Waals surface area contributed by atoms with E-state index in [-0.39, 0.29) is 18.4 Å². The third-order valence-corrected chi connectivity index (χ3v) is 3.43. The molecule has 0 fully saturated rings. The molecule has 0 aromatic heterocycles. The number of nitrogens with one attached hydrogen (secondary N) is 3. The Labute approximate surface area is 153 Å². The summed E-state index contributed by atoms with van der Waals surface area (Å²) in [5.74, 6) is 0.486. The highest BCUT2D eigenvalue weighted by Gasteiger charge is 2.04. The average Bonchev–Trinajstić information content (AvgIpc) is 2.66. The fraction of sp³-hybridized carbons (Fsp3) is 0.200. The van der Waals surface area contributed by atoms with E-state index in [0.29, 0.717) is 30.2 Å². The van der Waals surface area contributed by atoms with E-state index in [9.17, 15) is 9.59 Å². The molecule has 0 radical (unpaired) electrons. The van der Waals surface area contributed by atoms with Crippen LogP contribution in [0, 0.1) is 0 Å². The van der Waals surface area contributed by atoms with Gasteiger partial charge < -0.3 is 20.7 Å². The van der Waals surface area contributed by atoms with E-state index in [0.717, 1.165) is 5.69 Å². The Morgan fingerprint density at radius 3 is 2.38 bits per heavy atom. The zero-order valence-electron chi connectivity index (χ0n) is 14.7. The first kappa shape index (κ1) is 19.1. The maximum Gasteiger partial charge on any atom is 0.243 e. The van der Waals surface area contributed by atoms with Crippen molar-refractivity contribution < 1.29 is 14.3 Å². The number of ether oxygens (including phenoxy) is 1. The van der Waals surface area contributed by atoms with Gasteiger partial charge in [-0.2, -0.15) is 0 Å². The number of hydrogen-bond acceptors (Lipinski definition) is 4. The molecule has 2 amide bonds. The van der Waals surface area contributed by atoms with Gasteiger partial charge in [0.2, 0.25) is 11.8 Å². The lowest BCUT2D eigenvalue weighted by Gasteiger charge is -2.10. The van der Waals surface area contributed by atoms with Crippen LogP contribution < -0.4 is 20.7 Å². The van der Waals surface area contributed by atoms with E-state index >= 15 is 0 Å². The molecule has 6 nitrogen and oxygen atoms in total. The minimum atomic E-state index is -0.173. The van der Waals surface area contributed by atoms with Crippen LogP contribution >= 0.6 is 0 Å². The Kier molecular flexibility index (Phi) is 7.24. The number of anilines is 3. The van der Waals surface area contributed by atoms with E-state index in [1.54, 1.807) is 49.4 Å². The molecule has 6 heteroatoms. The standard InChI is InChI=1S/C20H23N3O3/c1-3-12-26-18-10-8-15(9-11-18)22-20(25)14-21-16-6-5-7-17(13-16)23-19(24)4-2/h3,5-11,13,21H,1,4,12,14H2,2H3,(H,22,25)(H,23,24). The smallest absolute Gasteiger partial charge is 0.243 e. The zero-order chi connectivity index (χ0) is 18.8. The van der Waals surface area contributed by atoms with Gasteiger partial charge in [0.1, 0.15) is 12.4 Å². The lowest BCUT2D eigenvalue weighted by Crippen LogP contribution is -2.21. The molecule has 0 unspecified atom stereocenters. The van der Waals surface area contributed by atoms with Gasteiger partial charge in [0.25, 0.3) is 0 Å². The summed E-state index contributed by atoms with van der Waals surface area (Å²) in [6.07, 6.45) is 2.08. The summed E-state index contributed by atoms with van der Waals surface area (Å²) >= 11 is 0. The van der Waals surface area contributed by atoms with Crippen LogP contribution in [0.4, 0.5) is 17.1 Å². The largest absolute Gasteiger partial charge is 0.490 e. The Morgan fingerprint density at radius 1 is 1.00 bits per heavy atom. The summed E-state index contributed by atoms with van der Waals surface area (Å²) in [5, 5.41) is 8.62. The topological polar surface area (TPSA) is 79.5 Å². The van der Waals surface area contributed by atoms with Crippen molar-refractivity contribution in [1.29, 1.82) is 0 Å². The van der Waals surface area contributed by atoms with Gasteiger partial charge in [0.15, 0.2) is 0 Å². The van der Waals surface area contributed by atoms with Gasteiger partial charge in [0, 0.05) is 23.5 Å². The second-order valence-electron chi connectivity index (χ2n) is 5.51. The molecule has 0 saturated carbocycles. The Morgan fingerprint density at radius 2 is 1.69 bits per heavy atom. The quantitative estimate of drug-likeness (QED) is 0.601. The monoisotopic (exact) mass is 353 g/mol. The minimum Gasteiger partial charge on any atom is -0.490 e. The first-order valence-corrected chi connectivity index (χ1v) is 8.38. The van der Waals surface area contributed by atoms with Crippen LogP contribution in [0.15, 0.2) is 61.2 Å². The van der Waals surface area contributed by atoms with Crippen molar-refractivity contribution in [2.75, 3.05) is 29.1 Å². The highest BCUT2D eigenvalue weighted by atomic mass is 16.5. The molecule has 2 aromatic rings. The molecule has 26 heavy (non-hydrogen) atoms. The fourth-order valence-corrected chi connectivity index (χ4v) is 2.13. The van der Waals surface area contributed by atoms with Gasteiger partial charge in [-0.05, 0) is 42.5 Å². The molecule has 2 rings (SSSR count). The van der Waals surface area contributed by atoms with Gasteiger partial charge >= 0.3 is 0 Å². The van der Waals surface area contributed by atoms with Crippen molar-refractivity contribution in [2.45, 2.75) is 13.3 Å². The summed E-state index contributed by atoms with van der Waals surface area (Å²) < 4.78 is 5.39. The van der Waals surface area contributed by atoms with E-state index < -0.39 is 0 Å². The van der Waals surface area contributed by atoms with Gasteiger partial charge in [-0.15, -0.1) is 0 Å². The van der Waals surface area contributed by atoms with Crippen molar-refractivity contribution in [3.05, 3.63) is 61.2 Å². The van der Waals surface area contributed by atoms with E-state index in [2.05, 4.69) is 22.5 Å². The molecule has 0 saturated heterocycles. The first-order valence-electron chi connectivity index (χ1n) is 8.38. The van der Waals surface area contributed by atoms with Gasteiger partial charge in [-0.25, -0.2) is 0 Å². The number of benzene rings is 2. The predicted octanol–water partition coefficient (Wildman–Crippen LogP) is 3.65. The number of carbonyl (C=O) groups is 2. The molecule has 0 atom stereocenters. The number of amides is 2. The van der Waals surface area contributed by atoms with Crippen molar-refractivity contribution in [2.24, 2.45) is 0 Å². The number of hydrogen-bond donors (Lipinski definition) is 3. The Hall–Kier alpha value is -3.28. The summed E-state index contributed by atoms with van der Waals surface area (Å²) in [6.45, 7) is 5.93. The zero-order valence-corrected chi connectivity index (χ0v) is 14.7. The van der Waals surface area contributed by atoms with Gasteiger partial charge in [-0.3, -0.25) is 9.59 Å². The van der Waals surface area contributed by atoms with Crippen LogP contribution in [0.1, 0.15) is 13.3 Å². The van der Waals surface area contributed by atoms with E-state index in [1.807, 2.05) is 12.1 Å². The normalized spacial score (nSPS) is 9.88.